The predicted octanol–water partition coefficient (Wildman–Crippen LogP) is 3.00. The van der Waals surface area contributed by atoms with Crippen LogP contribution in [0.2, 0.25) is 10.0 Å². The van der Waals surface area contributed by atoms with Crippen molar-refractivity contribution >= 4 is 40.9 Å². The van der Waals surface area contributed by atoms with Crippen LogP contribution in [0, 0.1) is 5.92 Å². The number of carbonyl (C=O) groups is 3. The Kier molecular flexibility index (Phi) is 7.82. The van der Waals surface area contributed by atoms with E-state index in [-0.39, 0.29) is 23.8 Å². The summed E-state index contributed by atoms with van der Waals surface area (Å²) in [7, 11) is 0. The molecule has 3 aliphatic rings. The number of nitrogens with zero attached hydrogens (tertiary/aromatic N) is 4. The molecule has 4 rings (SSSR count). The van der Waals surface area contributed by atoms with Crippen molar-refractivity contribution in [1.82, 2.24) is 19.6 Å². The number of rotatable bonds is 4. The number of halogens is 2. The second-order valence-corrected chi connectivity index (χ2v) is 10.1. The van der Waals surface area contributed by atoms with Gasteiger partial charge in [-0.3, -0.25) is 19.3 Å². The Morgan fingerprint density at radius 3 is 2.00 bits per heavy atom. The van der Waals surface area contributed by atoms with Crippen LogP contribution in [0.25, 0.3) is 0 Å². The van der Waals surface area contributed by atoms with Crippen LogP contribution in [-0.2, 0) is 9.59 Å². The first-order chi connectivity index (χ1) is 15.8. The molecule has 3 amide bonds. The summed E-state index contributed by atoms with van der Waals surface area (Å²) in [6.45, 7) is 6.42. The van der Waals surface area contributed by atoms with Crippen molar-refractivity contribution < 1.29 is 14.4 Å². The summed E-state index contributed by atoms with van der Waals surface area (Å²) in [4.78, 5) is 46.1. The van der Waals surface area contributed by atoms with E-state index in [4.69, 9.17) is 23.2 Å². The van der Waals surface area contributed by atoms with Crippen LogP contribution in [0.1, 0.15) is 43.0 Å². The molecule has 1 aromatic carbocycles. The normalized spacial score (nSPS) is 21.4. The maximum absolute atomic E-state index is 13.6. The average molecular weight is 495 g/mol. The fraction of sp³-hybridized carbons (Fsp3) is 0.625. The van der Waals surface area contributed by atoms with E-state index in [9.17, 15) is 14.4 Å². The molecule has 2 aliphatic heterocycles. The van der Waals surface area contributed by atoms with Crippen LogP contribution < -0.4 is 0 Å². The molecule has 2 heterocycles. The Bertz CT molecular complexity index is 890. The van der Waals surface area contributed by atoms with Gasteiger partial charge >= 0.3 is 0 Å². The summed E-state index contributed by atoms with van der Waals surface area (Å²) in [5.74, 6) is 0.512. The van der Waals surface area contributed by atoms with Gasteiger partial charge in [0.05, 0.1) is 16.6 Å². The molecule has 1 aromatic rings. The van der Waals surface area contributed by atoms with E-state index < -0.39 is 0 Å². The third kappa shape index (κ3) is 5.47. The van der Waals surface area contributed by atoms with Gasteiger partial charge in [0, 0.05) is 64.3 Å². The Hall–Kier alpha value is -1.83. The Morgan fingerprint density at radius 2 is 1.42 bits per heavy atom. The van der Waals surface area contributed by atoms with E-state index >= 15 is 0 Å². The highest BCUT2D eigenvalue weighted by atomic mass is 35.5. The summed E-state index contributed by atoms with van der Waals surface area (Å²) >= 11 is 12.2. The fourth-order valence-electron chi connectivity index (χ4n) is 5.39. The highest BCUT2D eigenvalue weighted by Gasteiger charge is 2.40. The van der Waals surface area contributed by atoms with Crippen molar-refractivity contribution in [3.8, 4) is 0 Å². The van der Waals surface area contributed by atoms with Gasteiger partial charge in [0.25, 0.3) is 5.91 Å². The first-order valence-electron chi connectivity index (χ1n) is 11.9. The second-order valence-electron chi connectivity index (χ2n) is 9.27. The molecular weight excluding hydrogens is 463 g/mol. The third-order valence-electron chi connectivity index (χ3n) is 7.29. The van der Waals surface area contributed by atoms with Crippen LogP contribution in [0.15, 0.2) is 18.2 Å². The standard InChI is InChI=1S/C24H32Cl2N4O3/c1-17(31)27-8-12-30(13-9-27)24(33)22(18-4-2-3-5-18)28-10-14-29(15-11-28)23(32)20-7-6-19(25)16-21(20)26/h6-7,16,18,22H,2-5,8-15H2,1H3. The van der Waals surface area contributed by atoms with Crippen molar-refractivity contribution in [1.29, 1.82) is 0 Å². The molecule has 0 spiro atoms. The molecule has 1 atom stereocenters. The summed E-state index contributed by atoms with van der Waals surface area (Å²) in [6, 6.07) is 4.79. The van der Waals surface area contributed by atoms with Crippen molar-refractivity contribution in [2.45, 2.75) is 38.6 Å². The number of hydrogen-bond acceptors (Lipinski definition) is 4. The van der Waals surface area contributed by atoms with Gasteiger partial charge in [-0.05, 0) is 37.0 Å². The molecule has 7 nitrogen and oxygen atoms in total. The van der Waals surface area contributed by atoms with Gasteiger partial charge in [-0.15, -0.1) is 0 Å². The molecule has 33 heavy (non-hydrogen) atoms. The molecule has 9 heteroatoms. The molecule has 0 radical (unpaired) electrons. The zero-order valence-electron chi connectivity index (χ0n) is 19.1. The molecule has 2 saturated heterocycles. The summed E-state index contributed by atoms with van der Waals surface area (Å²) < 4.78 is 0. The van der Waals surface area contributed by atoms with Crippen LogP contribution in [-0.4, -0.2) is 95.7 Å². The van der Waals surface area contributed by atoms with Gasteiger partial charge in [-0.25, -0.2) is 0 Å². The highest BCUT2D eigenvalue weighted by molar-refractivity contribution is 6.36. The Balaban J connectivity index is 1.41. The minimum absolute atomic E-state index is 0.0658. The Labute approximate surface area is 205 Å². The molecule has 0 bridgehead atoms. The van der Waals surface area contributed by atoms with Crippen molar-refractivity contribution in [3.05, 3.63) is 33.8 Å². The lowest BCUT2D eigenvalue weighted by Crippen LogP contribution is -2.60. The lowest BCUT2D eigenvalue weighted by Gasteiger charge is -2.44. The van der Waals surface area contributed by atoms with E-state index in [1.54, 1.807) is 30.0 Å². The summed E-state index contributed by atoms with van der Waals surface area (Å²) in [5, 5.41) is 0.863. The molecule has 3 fully saturated rings. The second kappa shape index (κ2) is 10.6. The molecule has 1 aliphatic carbocycles. The predicted molar refractivity (Wildman–Crippen MR) is 129 cm³/mol. The minimum atomic E-state index is -0.146. The Morgan fingerprint density at radius 1 is 0.848 bits per heavy atom. The maximum atomic E-state index is 13.6. The van der Waals surface area contributed by atoms with Gasteiger partial charge < -0.3 is 14.7 Å². The van der Waals surface area contributed by atoms with Crippen molar-refractivity contribution in [2.24, 2.45) is 5.92 Å². The quantitative estimate of drug-likeness (QED) is 0.645. The molecule has 1 saturated carbocycles. The molecule has 1 unspecified atom stereocenters. The van der Waals surface area contributed by atoms with Gasteiger partial charge in [0.1, 0.15) is 0 Å². The third-order valence-corrected chi connectivity index (χ3v) is 7.84. The summed E-state index contributed by atoms with van der Waals surface area (Å²) in [5.41, 5.74) is 0.460. The number of benzene rings is 1. The minimum Gasteiger partial charge on any atom is -0.339 e. The number of piperazine rings is 2. The zero-order chi connectivity index (χ0) is 23.5. The van der Waals surface area contributed by atoms with Gasteiger partial charge in [-0.1, -0.05) is 36.0 Å². The smallest absolute Gasteiger partial charge is 0.255 e. The molecule has 180 valence electrons. The first kappa shape index (κ1) is 24.3. The first-order valence-corrected chi connectivity index (χ1v) is 12.6. The van der Waals surface area contributed by atoms with Crippen molar-refractivity contribution in [3.63, 3.8) is 0 Å². The van der Waals surface area contributed by atoms with Gasteiger partial charge in [0.15, 0.2) is 0 Å². The lowest BCUT2D eigenvalue weighted by molar-refractivity contribution is -0.144. The highest BCUT2D eigenvalue weighted by Crippen LogP contribution is 2.32. The topological polar surface area (TPSA) is 64.2 Å². The SMILES string of the molecule is CC(=O)N1CCN(C(=O)C(C2CCCC2)N2CCN(C(=O)c3ccc(Cl)cc3Cl)CC2)CC1. The molecule has 0 aromatic heterocycles. The maximum Gasteiger partial charge on any atom is 0.255 e. The van der Waals surface area contributed by atoms with E-state index in [1.807, 2.05) is 9.80 Å². The largest absolute Gasteiger partial charge is 0.339 e. The van der Waals surface area contributed by atoms with E-state index in [1.165, 1.54) is 12.8 Å². The molecular formula is C24H32Cl2N4O3. The van der Waals surface area contributed by atoms with Crippen molar-refractivity contribution in [2.75, 3.05) is 52.4 Å². The van der Waals surface area contributed by atoms with E-state index in [0.29, 0.717) is 73.9 Å². The number of carbonyl (C=O) groups excluding carboxylic acids is 3. The van der Waals surface area contributed by atoms with Gasteiger partial charge in [-0.2, -0.15) is 0 Å². The van der Waals surface area contributed by atoms with E-state index in [2.05, 4.69) is 4.90 Å². The molecule has 0 N–H and O–H groups in total. The van der Waals surface area contributed by atoms with Crippen LogP contribution in [0.3, 0.4) is 0 Å². The monoisotopic (exact) mass is 494 g/mol. The number of amides is 3. The van der Waals surface area contributed by atoms with Crippen LogP contribution in [0.5, 0.6) is 0 Å². The zero-order valence-corrected chi connectivity index (χ0v) is 20.7. The number of hydrogen-bond donors (Lipinski definition) is 0. The van der Waals surface area contributed by atoms with Gasteiger partial charge in [0.2, 0.25) is 11.8 Å². The van der Waals surface area contributed by atoms with Crippen LogP contribution in [0.4, 0.5) is 0 Å². The average Bonchev–Trinajstić information content (AvgIpc) is 3.33. The van der Waals surface area contributed by atoms with E-state index in [0.717, 1.165) is 12.8 Å². The van der Waals surface area contributed by atoms with Crippen LogP contribution >= 0.6 is 23.2 Å². The fourth-order valence-corrected chi connectivity index (χ4v) is 5.88. The lowest BCUT2D eigenvalue weighted by atomic mass is 9.94. The summed E-state index contributed by atoms with van der Waals surface area (Å²) in [6.07, 6.45) is 4.48.